The molecule has 0 saturated heterocycles. The van der Waals surface area contributed by atoms with Gasteiger partial charge in [0, 0.05) is 62.5 Å². The van der Waals surface area contributed by atoms with E-state index in [0.29, 0.717) is 56.2 Å². The van der Waals surface area contributed by atoms with Crippen LogP contribution < -0.4 is 0 Å². The molecule has 3 aliphatic rings. The van der Waals surface area contributed by atoms with Crippen molar-refractivity contribution in [3.05, 3.63) is 82.1 Å². The second-order valence-corrected chi connectivity index (χ2v) is 8.48. The van der Waals surface area contributed by atoms with Crippen LogP contribution in [0.25, 0.3) is 0 Å². The lowest BCUT2D eigenvalue weighted by Crippen LogP contribution is -2.56. The molecule has 5 rings (SSSR count). The largest absolute Gasteiger partial charge is 0.315 e. The maximum Gasteiger partial charge on any atom is 0.259 e. The Morgan fingerprint density at radius 2 is 1.70 bits per heavy atom. The highest BCUT2D eigenvalue weighted by Gasteiger charge is 2.40. The fourth-order valence-electron chi connectivity index (χ4n) is 4.69. The molecule has 0 aromatic heterocycles. The van der Waals surface area contributed by atoms with Crippen LogP contribution in [0.15, 0.2) is 52.7 Å². The second kappa shape index (κ2) is 8.62. The lowest BCUT2D eigenvalue weighted by atomic mass is 9.99. The zero-order chi connectivity index (χ0) is 23.1. The maximum atomic E-state index is 14.3. The normalized spacial score (nSPS) is 18.9. The van der Waals surface area contributed by atoms with Gasteiger partial charge in [0.1, 0.15) is 23.3 Å². The summed E-state index contributed by atoms with van der Waals surface area (Å²) in [6, 6.07) is 6.70. The molecule has 3 heterocycles. The number of amides is 1. The number of carbonyl (C=O) groups excluding carboxylic acids is 1. The van der Waals surface area contributed by atoms with Crippen LogP contribution in [0.5, 0.6) is 0 Å². The van der Waals surface area contributed by atoms with Crippen LogP contribution in [-0.4, -0.2) is 52.7 Å². The predicted octanol–water partition coefficient (Wildman–Crippen LogP) is 3.81. The first-order chi connectivity index (χ1) is 15.9. The van der Waals surface area contributed by atoms with Crippen molar-refractivity contribution in [3.63, 3.8) is 0 Å². The molecule has 0 aliphatic carbocycles. The molecule has 1 amide bonds. The van der Waals surface area contributed by atoms with Gasteiger partial charge in [-0.1, -0.05) is 6.07 Å². The number of benzene rings is 2. The molecule has 9 heteroatoms. The van der Waals surface area contributed by atoms with Crippen LogP contribution in [0, 0.1) is 23.3 Å². The summed E-state index contributed by atoms with van der Waals surface area (Å²) in [4.78, 5) is 23.5. The van der Waals surface area contributed by atoms with Crippen molar-refractivity contribution >= 4 is 11.9 Å². The van der Waals surface area contributed by atoms with Gasteiger partial charge in [-0.25, -0.2) is 17.6 Å². The van der Waals surface area contributed by atoms with E-state index in [1.54, 1.807) is 0 Å². The number of carbonyl (C=O) groups is 1. The Hall–Kier alpha value is -3.20. The van der Waals surface area contributed by atoms with Crippen molar-refractivity contribution in [1.29, 1.82) is 0 Å². The zero-order valence-electron chi connectivity index (χ0n) is 17.8. The highest BCUT2D eigenvalue weighted by atomic mass is 19.1. The van der Waals surface area contributed by atoms with E-state index in [2.05, 4.69) is 4.99 Å². The fourth-order valence-corrected chi connectivity index (χ4v) is 4.69. The predicted molar refractivity (Wildman–Crippen MR) is 114 cm³/mol. The van der Waals surface area contributed by atoms with E-state index < -0.39 is 23.3 Å². The summed E-state index contributed by atoms with van der Waals surface area (Å²) in [5.41, 5.74) is 2.16. The summed E-state index contributed by atoms with van der Waals surface area (Å²) < 4.78 is 54.9. The van der Waals surface area contributed by atoms with Gasteiger partial charge < -0.3 is 4.90 Å². The number of hydrogen-bond donors (Lipinski definition) is 0. The third kappa shape index (κ3) is 4.25. The molecular weight excluding hydrogens is 436 g/mol. The molecule has 0 spiro atoms. The van der Waals surface area contributed by atoms with Gasteiger partial charge in [-0.05, 0) is 30.2 Å². The summed E-state index contributed by atoms with van der Waals surface area (Å²) in [6.45, 7) is 2.43. The summed E-state index contributed by atoms with van der Waals surface area (Å²) >= 11 is 0. The van der Waals surface area contributed by atoms with Crippen LogP contribution in [-0.2, 0) is 17.9 Å². The first kappa shape index (κ1) is 21.6. The summed E-state index contributed by atoms with van der Waals surface area (Å²) in [7, 11) is 0. The number of fused-ring (bicyclic) bond motifs is 2. The van der Waals surface area contributed by atoms with Crippen LogP contribution in [0.3, 0.4) is 0 Å². The Bertz CT molecular complexity index is 1160. The molecule has 5 nitrogen and oxygen atoms in total. The number of aliphatic imine (C=N–C) groups is 1. The van der Waals surface area contributed by atoms with Crippen molar-refractivity contribution in [3.8, 4) is 0 Å². The lowest BCUT2D eigenvalue weighted by molar-refractivity contribution is -0.125. The first-order valence-corrected chi connectivity index (χ1v) is 10.9. The molecule has 2 aromatic rings. The average molecular weight is 458 g/mol. The number of halogens is 4. The molecular formula is C24H22F4N4O. The van der Waals surface area contributed by atoms with E-state index in [-0.39, 0.29) is 18.0 Å². The molecule has 172 valence electrons. The monoisotopic (exact) mass is 458 g/mol. The highest BCUT2D eigenvalue weighted by Crippen LogP contribution is 2.32. The SMILES string of the molecule is O=C1C2=C(CCN(Cc3cc(F)cc(F)c3)C2)N2CCCN=C2N1Cc1ccc(F)cc1F. The molecule has 33 heavy (non-hydrogen) atoms. The van der Waals surface area contributed by atoms with Gasteiger partial charge in [-0.2, -0.15) is 0 Å². The van der Waals surface area contributed by atoms with Gasteiger partial charge in [0.15, 0.2) is 0 Å². The third-order valence-corrected chi connectivity index (χ3v) is 6.17. The maximum absolute atomic E-state index is 14.3. The summed E-state index contributed by atoms with van der Waals surface area (Å²) in [5, 5.41) is 0. The number of hydrogen-bond acceptors (Lipinski definition) is 4. The molecule has 0 radical (unpaired) electrons. The topological polar surface area (TPSA) is 39.2 Å². The Morgan fingerprint density at radius 3 is 2.45 bits per heavy atom. The van der Waals surface area contributed by atoms with E-state index in [9.17, 15) is 22.4 Å². The average Bonchev–Trinajstić information content (AvgIpc) is 2.77. The smallest absolute Gasteiger partial charge is 0.259 e. The Balaban J connectivity index is 1.43. The Labute approximate surface area is 188 Å². The van der Waals surface area contributed by atoms with Crippen molar-refractivity contribution in [1.82, 2.24) is 14.7 Å². The van der Waals surface area contributed by atoms with Gasteiger partial charge in [0.05, 0.1) is 12.1 Å². The molecule has 0 bridgehead atoms. The van der Waals surface area contributed by atoms with E-state index >= 15 is 0 Å². The molecule has 0 fully saturated rings. The molecule has 0 N–H and O–H groups in total. The standard InChI is InChI=1S/C24H22F4N4O/c25-17-3-2-16(21(28)11-17)13-32-23(33)20-14-30(12-15-8-18(26)10-19(27)9-15)7-4-22(20)31-6-1-5-29-24(31)32/h2-3,8-11H,1,4-7,12-14H2. The minimum Gasteiger partial charge on any atom is -0.315 e. The fraction of sp³-hybridized carbons (Fsp3) is 0.333. The molecule has 0 unspecified atom stereocenters. The molecule has 0 atom stereocenters. The van der Waals surface area contributed by atoms with Crippen LogP contribution in [0.2, 0.25) is 0 Å². The van der Waals surface area contributed by atoms with Crippen LogP contribution in [0.1, 0.15) is 24.0 Å². The van der Waals surface area contributed by atoms with Gasteiger partial charge in [-0.15, -0.1) is 0 Å². The number of rotatable bonds is 4. The van der Waals surface area contributed by atoms with Crippen molar-refractivity contribution in [2.45, 2.75) is 25.9 Å². The summed E-state index contributed by atoms with van der Waals surface area (Å²) in [6.07, 6.45) is 1.43. The molecule has 0 saturated carbocycles. The number of nitrogens with zero attached hydrogens (tertiary/aromatic N) is 4. The van der Waals surface area contributed by atoms with Gasteiger partial charge in [0.25, 0.3) is 5.91 Å². The Kier molecular flexibility index (Phi) is 5.65. The molecule has 3 aliphatic heterocycles. The lowest BCUT2D eigenvalue weighted by Gasteiger charge is -2.45. The minimum absolute atomic E-state index is 0.0633. The first-order valence-electron chi connectivity index (χ1n) is 10.9. The van der Waals surface area contributed by atoms with Gasteiger partial charge in [-0.3, -0.25) is 19.6 Å². The summed E-state index contributed by atoms with van der Waals surface area (Å²) in [5.74, 6) is -2.46. The van der Waals surface area contributed by atoms with Crippen LogP contribution >= 0.6 is 0 Å². The van der Waals surface area contributed by atoms with E-state index in [1.165, 1.54) is 29.2 Å². The third-order valence-electron chi connectivity index (χ3n) is 6.17. The van der Waals surface area contributed by atoms with E-state index in [1.807, 2.05) is 9.80 Å². The number of guanidine groups is 1. The quantitative estimate of drug-likeness (QED) is 0.655. The highest BCUT2D eigenvalue weighted by molar-refractivity contribution is 6.09. The zero-order valence-corrected chi connectivity index (χ0v) is 17.8. The van der Waals surface area contributed by atoms with Crippen molar-refractivity contribution < 1.29 is 22.4 Å². The van der Waals surface area contributed by atoms with Crippen LogP contribution in [0.4, 0.5) is 17.6 Å². The van der Waals surface area contributed by atoms with Crippen molar-refractivity contribution in [2.24, 2.45) is 4.99 Å². The van der Waals surface area contributed by atoms with Gasteiger partial charge >= 0.3 is 0 Å². The van der Waals surface area contributed by atoms with E-state index in [0.717, 1.165) is 24.3 Å². The van der Waals surface area contributed by atoms with E-state index in [4.69, 9.17) is 0 Å². The molecule has 2 aromatic carbocycles. The minimum atomic E-state index is -0.719. The Morgan fingerprint density at radius 1 is 0.909 bits per heavy atom. The second-order valence-electron chi connectivity index (χ2n) is 8.48. The van der Waals surface area contributed by atoms with Gasteiger partial charge in [0.2, 0.25) is 5.96 Å². The van der Waals surface area contributed by atoms with Crippen molar-refractivity contribution in [2.75, 3.05) is 26.2 Å².